The molecule has 4 rings (SSSR count). The Morgan fingerprint density at radius 1 is 1.37 bits per heavy atom. The number of ether oxygens (including phenoxy) is 1. The van der Waals surface area contributed by atoms with E-state index in [9.17, 15) is 4.79 Å². The van der Waals surface area contributed by atoms with E-state index in [0.717, 1.165) is 61.8 Å². The molecule has 7 heteroatoms. The van der Waals surface area contributed by atoms with Gasteiger partial charge in [0.15, 0.2) is 0 Å². The Balaban J connectivity index is 1.46. The van der Waals surface area contributed by atoms with E-state index in [2.05, 4.69) is 28.4 Å². The van der Waals surface area contributed by atoms with Crippen LogP contribution in [0.4, 0.5) is 0 Å². The minimum Gasteiger partial charge on any atom is -0.370 e. The highest BCUT2D eigenvalue weighted by Crippen LogP contribution is 2.44. The van der Waals surface area contributed by atoms with Gasteiger partial charge < -0.3 is 19.5 Å². The average molecular weight is 390 g/mol. The second kappa shape index (κ2) is 7.73. The van der Waals surface area contributed by atoms with Crippen LogP contribution in [-0.4, -0.2) is 42.2 Å². The van der Waals surface area contributed by atoms with Crippen LogP contribution in [0.15, 0.2) is 16.7 Å². The zero-order valence-electron chi connectivity index (χ0n) is 16.0. The molecule has 0 unspecified atom stereocenters. The predicted octanol–water partition coefficient (Wildman–Crippen LogP) is 3.25. The molecule has 0 aliphatic carbocycles. The maximum Gasteiger partial charge on any atom is 0.261 e. The average Bonchev–Trinajstić information content (AvgIpc) is 3.29. The summed E-state index contributed by atoms with van der Waals surface area (Å²) < 4.78 is 11.4. The lowest BCUT2D eigenvalue weighted by atomic mass is 9.82. The minimum absolute atomic E-state index is 0.0476. The van der Waals surface area contributed by atoms with Gasteiger partial charge in [-0.25, -0.2) is 0 Å². The summed E-state index contributed by atoms with van der Waals surface area (Å²) in [6, 6.07) is 3.91. The monoisotopic (exact) mass is 389 g/mol. The largest absolute Gasteiger partial charge is 0.370 e. The number of carbonyl (C=O) groups is 1. The van der Waals surface area contributed by atoms with E-state index in [0.29, 0.717) is 6.54 Å². The Kier molecular flexibility index (Phi) is 5.34. The SMILES string of the molecule is CCCN1CCC2(CC1)OCCc1sc(C(=O)NCc3cc(C)on3)cc12. The molecule has 1 spiro atoms. The van der Waals surface area contributed by atoms with Crippen molar-refractivity contribution in [1.29, 1.82) is 0 Å². The molecule has 4 heterocycles. The molecule has 1 saturated heterocycles. The van der Waals surface area contributed by atoms with E-state index < -0.39 is 0 Å². The lowest BCUT2D eigenvalue weighted by Gasteiger charge is -2.44. The first kappa shape index (κ1) is 18.7. The van der Waals surface area contributed by atoms with Crippen molar-refractivity contribution in [2.24, 2.45) is 0 Å². The molecule has 2 aliphatic heterocycles. The summed E-state index contributed by atoms with van der Waals surface area (Å²) in [6.07, 6.45) is 4.11. The maximum atomic E-state index is 12.6. The Morgan fingerprint density at radius 3 is 2.89 bits per heavy atom. The van der Waals surface area contributed by atoms with E-state index in [1.165, 1.54) is 16.9 Å². The molecular weight excluding hydrogens is 362 g/mol. The van der Waals surface area contributed by atoms with Gasteiger partial charge in [0.1, 0.15) is 11.5 Å². The highest BCUT2D eigenvalue weighted by atomic mass is 32.1. The van der Waals surface area contributed by atoms with Gasteiger partial charge in [-0.2, -0.15) is 0 Å². The summed E-state index contributed by atoms with van der Waals surface area (Å²) in [5.74, 6) is 0.702. The van der Waals surface area contributed by atoms with Crippen molar-refractivity contribution in [1.82, 2.24) is 15.4 Å². The molecule has 1 N–H and O–H groups in total. The number of amides is 1. The zero-order chi connectivity index (χ0) is 18.9. The highest BCUT2D eigenvalue weighted by molar-refractivity contribution is 7.14. The first-order chi connectivity index (χ1) is 13.1. The molecule has 1 amide bonds. The third-order valence-corrected chi connectivity index (χ3v) is 6.74. The van der Waals surface area contributed by atoms with Crippen molar-refractivity contribution in [3.05, 3.63) is 38.9 Å². The van der Waals surface area contributed by atoms with E-state index in [4.69, 9.17) is 9.26 Å². The highest BCUT2D eigenvalue weighted by Gasteiger charge is 2.42. The molecule has 0 atom stereocenters. The van der Waals surface area contributed by atoms with Gasteiger partial charge in [0.2, 0.25) is 0 Å². The second-order valence-corrected chi connectivity index (χ2v) is 8.63. The fraction of sp³-hybridized carbons (Fsp3) is 0.600. The van der Waals surface area contributed by atoms with Gasteiger partial charge in [-0.15, -0.1) is 11.3 Å². The second-order valence-electron chi connectivity index (χ2n) is 7.49. The predicted molar refractivity (Wildman–Crippen MR) is 104 cm³/mol. The number of thiophene rings is 1. The van der Waals surface area contributed by atoms with Crippen LogP contribution in [0.25, 0.3) is 0 Å². The number of aromatic nitrogens is 1. The van der Waals surface area contributed by atoms with Crippen LogP contribution in [0.5, 0.6) is 0 Å². The first-order valence-corrected chi connectivity index (χ1v) is 10.6. The van der Waals surface area contributed by atoms with Crippen molar-refractivity contribution < 1.29 is 14.1 Å². The number of fused-ring (bicyclic) bond motifs is 2. The molecule has 0 bridgehead atoms. The third-order valence-electron chi connectivity index (χ3n) is 5.54. The van der Waals surface area contributed by atoms with Crippen molar-refractivity contribution in [3.63, 3.8) is 0 Å². The summed E-state index contributed by atoms with van der Waals surface area (Å²) >= 11 is 1.61. The molecule has 0 aromatic carbocycles. The van der Waals surface area contributed by atoms with Crippen molar-refractivity contribution in [2.45, 2.75) is 51.7 Å². The number of nitrogens with one attached hydrogen (secondary N) is 1. The van der Waals surface area contributed by atoms with Crippen molar-refractivity contribution >= 4 is 17.2 Å². The number of rotatable bonds is 5. The molecule has 146 valence electrons. The van der Waals surface area contributed by atoms with E-state index in [-0.39, 0.29) is 11.5 Å². The van der Waals surface area contributed by atoms with Crippen molar-refractivity contribution in [2.75, 3.05) is 26.2 Å². The van der Waals surface area contributed by atoms with Crippen LogP contribution in [0, 0.1) is 6.92 Å². The maximum absolute atomic E-state index is 12.6. The van der Waals surface area contributed by atoms with Crippen LogP contribution in [0.2, 0.25) is 0 Å². The van der Waals surface area contributed by atoms with Crippen LogP contribution < -0.4 is 5.32 Å². The van der Waals surface area contributed by atoms with Gasteiger partial charge in [0, 0.05) is 30.5 Å². The lowest BCUT2D eigenvalue weighted by Crippen LogP contribution is -2.46. The molecule has 0 radical (unpaired) electrons. The van der Waals surface area contributed by atoms with Gasteiger partial charge in [0.05, 0.1) is 23.6 Å². The molecule has 1 fully saturated rings. The van der Waals surface area contributed by atoms with Gasteiger partial charge in [-0.1, -0.05) is 12.1 Å². The van der Waals surface area contributed by atoms with Gasteiger partial charge in [0.25, 0.3) is 5.91 Å². The number of nitrogens with zero attached hydrogens (tertiary/aromatic N) is 2. The summed E-state index contributed by atoms with van der Waals surface area (Å²) in [5, 5.41) is 6.88. The summed E-state index contributed by atoms with van der Waals surface area (Å²) in [7, 11) is 0. The fourth-order valence-electron chi connectivity index (χ4n) is 4.16. The standard InChI is InChI=1S/C20H27N3O3S/c1-3-7-23-8-5-20(6-9-23)16-12-18(27-17(16)4-10-25-20)19(24)21-13-15-11-14(2)26-22-15/h11-12H,3-10,13H2,1-2H3,(H,21,24). The number of likely N-dealkylation sites (tertiary alicyclic amines) is 1. The smallest absolute Gasteiger partial charge is 0.261 e. The van der Waals surface area contributed by atoms with Crippen molar-refractivity contribution in [3.8, 4) is 0 Å². The Labute approximate surface area is 163 Å². The Bertz CT molecular complexity index is 805. The molecule has 0 saturated carbocycles. The molecule has 2 aromatic rings. The van der Waals surface area contributed by atoms with Gasteiger partial charge in [-0.05, 0) is 44.4 Å². The first-order valence-electron chi connectivity index (χ1n) is 9.79. The Hall–Kier alpha value is -1.70. The number of piperidine rings is 1. The topological polar surface area (TPSA) is 67.6 Å². The molecule has 2 aromatic heterocycles. The normalized spacial score (nSPS) is 19.2. The number of aryl methyl sites for hydroxylation is 1. The van der Waals surface area contributed by atoms with E-state index in [1.807, 2.05) is 13.0 Å². The fourth-order valence-corrected chi connectivity index (χ4v) is 5.30. The number of hydrogen-bond acceptors (Lipinski definition) is 6. The third kappa shape index (κ3) is 3.81. The molecule has 27 heavy (non-hydrogen) atoms. The van der Waals surface area contributed by atoms with Gasteiger partial charge in [-0.3, -0.25) is 4.79 Å². The van der Waals surface area contributed by atoms with E-state index in [1.54, 1.807) is 11.3 Å². The zero-order valence-corrected chi connectivity index (χ0v) is 16.9. The lowest BCUT2D eigenvalue weighted by molar-refractivity contribution is -0.0969. The van der Waals surface area contributed by atoms with Gasteiger partial charge >= 0.3 is 0 Å². The minimum atomic E-state index is -0.198. The molecule has 6 nitrogen and oxygen atoms in total. The Morgan fingerprint density at radius 2 is 2.19 bits per heavy atom. The van der Waals surface area contributed by atoms with E-state index >= 15 is 0 Å². The summed E-state index contributed by atoms with van der Waals surface area (Å²) in [4.78, 5) is 17.2. The van der Waals surface area contributed by atoms with Crippen LogP contribution >= 0.6 is 11.3 Å². The molecular formula is C20H27N3O3S. The summed E-state index contributed by atoms with van der Waals surface area (Å²) in [6.45, 7) is 8.49. The quantitative estimate of drug-likeness (QED) is 0.850. The van der Waals surface area contributed by atoms with Crippen LogP contribution in [0.1, 0.15) is 57.8 Å². The molecule has 2 aliphatic rings. The number of hydrogen-bond donors (Lipinski definition) is 1. The number of carbonyl (C=O) groups excluding carboxylic acids is 1. The van der Waals surface area contributed by atoms with Crippen LogP contribution in [0.3, 0.4) is 0 Å². The van der Waals surface area contributed by atoms with Crippen LogP contribution in [-0.2, 0) is 23.3 Å². The summed E-state index contributed by atoms with van der Waals surface area (Å²) in [5.41, 5.74) is 1.79.